The molecule has 3 nitrogen and oxygen atoms in total. The van der Waals surface area contributed by atoms with Gasteiger partial charge in [0, 0.05) is 12.1 Å². The van der Waals surface area contributed by atoms with Gasteiger partial charge in [-0.2, -0.15) is 0 Å². The number of rotatable bonds is 6. The minimum absolute atomic E-state index is 0.224. The largest absolute Gasteiger partial charge is 0.497 e. The molecule has 0 radical (unpaired) electrons. The molecule has 0 saturated carbocycles. The molecule has 20 heavy (non-hydrogen) atoms. The SMILES string of the molecule is CNC(Cc1ccccc1)c1cc(OC)cc(OC)c1. The lowest BCUT2D eigenvalue weighted by atomic mass is 9.98. The van der Waals surface area contributed by atoms with Crippen molar-refractivity contribution in [2.24, 2.45) is 0 Å². The third-order valence-electron chi connectivity index (χ3n) is 3.41. The minimum Gasteiger partial charge on any atom is -0.497 e. The Hall–Kier alpha value is -2.00. The quantitative estimate of drug-likeness (QED) is 0.875. The van der Waals surface area contributed by atoms with E-state index in [1.165, 1.54) is 5.56 Å². The fourth-order valence-corrected chi connectivity index (χ4v) is 2.27. The molecule has 0 saturated heterocycles. The third-order valence-corrected chi connectivity index (χ3v) is 3.41. The first-order valence-corrected chi connectivity index (χ1v) is 6.71. The molecule has 2 aromatic carbocycles. The summed E-state index contributed by atoms with van der Waals surface area (Å²) in [6, 6.07) is 16.7. The highest BCUT2D eigenvalue weighted by atomic mass is 16.5. The molecule has 0 bridgehead atoms. The maximum absolute atomic E-state index is 5.33. The Bertz CT molecular complexity index is 518. The van der Waals surface area contributed by atoms with Gasteiger partial charge in [0.2, 0.25) is 0 Å². The van der Waals surface area contributed by atoms with E-state index in [4.69, 9.17) is 9.47 Å². The molecule has 0 aliphatic heterocycles. The van der Waals surface area contributed by atoms with Gasteiger partial charge in [0.15, 0.2) is 0 Å². The Labute approximate surface area is 120 Å². The van der Waals surface area contributed by atoms with Crippen LogP contribution in [0.3, 0.4) is 0 Å². The normalized spacial score (nSPS) is 11.9. The molecular formula is C17H21NO2. The standard InChI is InChI=1S/C17H21NO2/c1-18-17(9-13-7-5-4-6-8-13)14-10-15(19-2)12-16(11-14)20-3/h4-8,10-12,17-18H,9H2,1-3H3. The Morgan fingerprint density at radius 1 is 0.950 bits per heavy atom. The maximum atomic E-state index is 5.33. The summed E-state index contributed by atoms with van der Waals surface area (Å²) < 4.78 is 10.7. The summed E-state index contributed by atoms with van der Waals surface area (Å²) in [6.45, 7) is 0. The molecule has 0 aromatic heterocycles. The van der Waals surface area contributed by atoms with Crippen LogP contribution in [0.1, 0.15) is 17.2 Å². The summed E-state index contributed by atoms with van der Waals surface area (Å²) >= 11 is 0. The van der Waals surface area contributed by atoms with Crippen molar-refractivity contribution in [2.45, 2.75) is 12.5 Å². The van der Waals surface area contributed by atoms with Crippen molar-refractivity contribution in [3.63, 3.8) is 0 Å². The van der Waals surface area contributed by atoms with Gasteiger partial charge in [-0.15, -0.1) is 0 Å². The number of likely N-dealkylation sites (N-methyl/N-ethyl adjacent to an activating group) is 1. The molecule has 1 unspecified atom stereocenters. The van der Waals surface area contributed by atoms with Gasteiger partial charge in [0.05, 0.1) is 14.2 Å². The van der Waals surface area contributed by atoms with Crippen LogP contribution in [0.2, 0.25) is 0 Å². The fraction of sp³-hybridized carbons (Fsp3) is 0.294. The lowest BCUT2D eigenvalue weighted by molar-refractivity contribution is 0.392. The van der Waals surface area contributed by atoms with Crippen LogP contribution < -0.4 is 14.8 Å². The van der Waals surface area contributed by atoms with Crippen molar-refractivity contribution in [1.82, 2.24) is 5.32 Å². The van der Waals surface area contributed by atoms with Crippen LogP contribution in [0.5, 0.6) is 11.5 Å². The highest BCUT2D eigenvalue weighted by molar-refractivity contribution is 5.40. The lowest BCUT2D eigenvalue weighted by Crippen LogP contribution is -2.19. The van der Waals surface area contributed by atoms with Crippen LogP contribution in [0.25, 0.3) is 0 Å². The highest BCUT2D eigenvalue weighted by Crippen LogP contribution is 2.28. The third kappa shape index (κ3) is 3.52. The van der Waals surface area contributed by atoms with Crippen molar-refractivity contribution >= 4 is 0 Å². The van der Waals surface area contributed by atoms with Gasteiger partial charge in [-0.05, 0) is 36.7 Å². The first-order valence-electron chi connectivity index (χ1n) is 6.71. The second-order valence-electron chi connectivity index (χ2n) is 4.68. The molecule has 1 atom stereocenters. The molecule has 0 aliphatic rings. The zero-order valence-corrected chi connectivity index (χ0v) is 12.2. The van der Waals surface area contributed by atoms with E-state index < -0.39 is 0 Å². The van der Waals surface area contributed by atoms with Gasteiger partial charge < -0.3 is 14.8 Å². The minimum atomic E-state index is 0.224. The van der Waals surface area contributed by atoms with E-state index in [0.717, 1.165) is 23.5 Å². The van der Waals surface area contributed by atoms with Gasteiger partial charge in [-0.3, -0.25) is 0 Å². The fourth-order valence-electron chi connectivity index (χ4n) is 2.27. The Balaban J connectivity index is 2.26. The topological polar surface area (TPSA) is 30.5 Å². The number of ether oxygens (including phenoxy) is 2. The van der Waals surface area contributed by atoms with Gasteiger partial charge in [-0.1, -0.05) is 30.3 Å². The van der Waals surface area contributed by atoms with E-state index in [0.29, 0.717) is 0 Å². The van der Waals surface area contributed by atoms with Crippen molar-refractivity contribution < 1.29 is 9.47 Å². The van der Waals surface area contributed by atoms with Crippen LogP contribution in [0, 0.1) is 0 Å². The average Bonchev–Trinajstić information content (AvgIpc) is 2.53. The maximum Gasteiger partial charge on any atom is 0.122 e. The zero-order chi connectivity index (χ0) is 14.4. The molecule has 0 fully saturated rings. The van der Waals surface area contributed by atoms with Gasteiger partial charge in [-0.25, -0.2) is 0 Å². The van der Waals surface area contributed by atoms with Crippen LogP contribution in [-0.4, -0.2) is 21.3 Å². The van der Waals surface area contributed by atoms with Crippen molar-refractivity contribution in [1.29, 1.82) is 0 Å². The zero-order valence-electron chi connectivity index (χ0n) is 12.2. The molecule has 3 heteroatoms. The van der Waals surface area contributed by atoms with E-state index in [2.05, 4.69) is 29.6 Å². The number of nitrogens with one attached hydrogen (secondary N) is 1. The summed E-state index contributed by atoms with van der Waals surface area (Å²) in [7, 11) is 5.31. The lowest BCUT2D eigenvalue weighted by Gasteiger charge is -2.18. The first kappa shape index (κ1) is 14.4. The molecule has 0 heterocycles. The second kappa shape index (κ2) is 6.96. The molecule has 0 spiro atoms. The van der Waals surface area contributed by atoms with Gasteiger partial charge >= 0.3 is 0 Å². The summed E-state index contributed by atoms with van der Waals surface area (Å²) in [6.07, 6.45) is 0.924. The predicted molar refractivity (Wildman–Crippen MR) is 81.5 cm³/mol. The van der Waals surface area contributed by atoms with E-state index in [9.17, 15) is 0 Å². The first-order chi connectivity index (χ1) is 9.76. The van der Waals surface area contributed by atoms with E-state index in [1.807, 2.05) is 31.3 Å². The highest BCUT2D eigenvalue weighted by Gasteiger charge is 2.13. The Morgan fingerprint density at radius 3 is 2.05 bits per heavy atom. The van der Waals surface area contributed by atoms with Crippen molar-refractivity contribution in [3.05, 3.63) is 59.7 Å². The number of benzene rings is 2. The molecule has 0 amide bonds. The van der Waals surface area contributed by atoms with Crippen LogP contribution in [0.4, 0.5) is 0 Å². The summed E-state index contributed by atoms with van der Waals surface area (Å²) in [4.78, 5) is 0. The summed E-state index contributed by atoms with van der Waals surface area (Å²) in [5.41, 5.74) is 2.46. The van der Waals surface area contributed by atoms with Crippen LogP contribution in [0.15, 0.2) is 48.5 Å². The Morgan fingerprint density at radius 2 is 1.55 bits per heavy atom. The van der Waals surface area contributed by atoms with E-state index in [1.54, 1.807) is 14.2 Å². The van der Waals surface area contributed by atoms with E-state index >= 15 is 0 Å². The van der Waals surface area contributed by atoms with Crippen LogP contribution in [-0.2, 0) is 6.42 Å². The number of methoxy groups -OCH3 is 2. The Kier molecular flexibility index (Phi) is 5.02. The monoisotopic (exact) mass is 271 g/mol. The average molecular weight is 271 g/mol. The van der Waals surface area contributed by atoms with Crippen molar-refractivity contribution in [2.75, 3.05) is 21.3 Å². The number of hydrogen-bond donors (Lipinski definition) is 1. The molecule has 2 rings (SSSR count). The molecule has 2 aromatic rings. The predicted octanol–water partition coefficient (Wildman–Crippen LogP) is 3.21. The summed E-state index contributed by atoms with van der Waals surface area (Å²) in [5.74, 6) is 1.63. The van der Waals surface area contributed by atoms with Gasteiger partial charge in [0.25, 0.3) is 0 Å². The smallest absolute Gasteiger partial charge is 0.122 e. The van der Waals surface area contributed by atoms with Crippen LogP contribution >= 0.6 is 0 Å². The number of hydrogen-bond acceptors (Lipinski definition) is 3. The molecule has 0 aliphatic carbocycles. The molecular weight excluding hydrogens is 250 g/mol. The van der Waals surface area contributed by atoms with Gasteiger partial charge in [0.1, 0.15) is 11.5 Å². The molecule has 106 valence electrons. The summed E-state index contributed by atoms with van der Waals surface area (Å²) in [5, 5.41) is 3.36. The molecule has 1 N–H and O–H groups in total. The van der Waals surface area contributed by atoms with Crippen molar-refractivity contribution in [3.8, 4) is 11.5 Å². The van der Waals surface area contributed by atoms with E-state index in [-0.39, 0.29) is 6.04 Å². The second-order valence-corrected chi connectivity index (χ2v) is 4.68.